The molecule has 2 aliphatic rings. The second-order valence-electron chi connectivity index (χ2n) is 14.7. The molecule has 0 bridgehead atoms. The molecule has 0 heterocycles. The zero-order valence-corrected chi connectivity index (χ0v) is 34.1. The second kappa shape index (κ2) is 19.2. The van der Waals surface area contributed by atoms with Crippen LogP contribution >= 0.6 is 0 Å². The minimum atomic E-state index is -0.633. The zero-order valence-electron chi connectivity index (χ0n) is 34.1. The summed E-state index contributed by atoms with van der Waals surface area (Å²) in [5.74, 6) is -2.30. The van der Waals surface area contributed by atoms with Gasteiger partial charge in [-0.15, -0.1) is 0 Å². The first-order chi connectivity index (χ1) is 28.9. The average Bonchev–Trinajstić information content (AvgIpc) is 3.25. The van der Waals surface area contributed by atoms with E-state index in [4.69, 9.17) is 18.9 Å². The molecule has 6 rings (SSSR count). The molecule has 0 aliphatic heterocycles. The van der Waals surface area contributed by atoms with Crippen molar-refractivity contribution in [3.8, 4) is 11.5 Å². The number of carbonyl (C=O) groups excluding carboxylic acids is 6. The van der Waals surface area contributed by atoms with Gasteiger partial charge in [-0.05, 0) is 83.2 Å². The highest BCUT2D eigenvalue weighted by Crippen LogP contribution is 2.44. The lowest BCUT2D eigenvalue weighted by Gasteiger charge is -2.28. The van der Waals surface area contributed by atoms with E-state index < -0.39 is 17.9 Å². The Morgan fingerprint density at radius 1 is 0.550 bits per heavy atom. The molecule has 4 aromatic carbocycles. The van der Waals surface area contributed by atoms with Crippen LogP contribution in [-0.4, -0.2) is 48.7 Å². The minimum Gasteiger partial charge on any atom is -0.462 e. The Hall–Kier alpha value is -6.94. The molecule has 0 amide bonds. The van der Waals surface area contributed by atoms with Crippen molar-refractivity contribution >= 4 is 46.6 Å². The summed E-state index contributed by atoms with van der Waals surface area (Å²) in [7, 11) is 0. The van der Waals surface area contributed by atoms with Crippen LogP contribution in [0, 0.1) is 0 Å². The average molecular weight is 807 g/mol. The van der Waals surface area contributed by atoms with Gasteiger partial charge in [0, 0.05) is 46.1 Å². The normalized spacial score (nSPS) is 15.3. The van der Waals surface area contributed by atoms with Gasteiger partial charge in [-0.2, -0.15) is 0 Å². The molecule has 306 valence electrons. The number of hydrogen-bond donors (Lipinski definition) is 0. The number of fused-ring (bicyclic) bond motifs is 2. The number of esters is 4. The predicted octanol–water partition coefficient (Wildman–Crippen LogP) is 9.50. The number of Topliss-reactive ketones (excluding diaryl/α,β-unsaturated/α-hetero) is 2. The van der Waals surface area contributed by atoms with Crippen molar-refractivity contribution in [3.63, 3.8) is 0 Å². The Morgan fingerprint density at radius 3 is 1.38 bits per heavy atom. The molecule has 2 atom stereocenters. The molecular weight excluding hydrogens is 761 g/mol. The molecule has 2 aliphatic carbocycles. The summed E-state index contributed by atoms with van der Waals surface area (Å²) in [4.78, 5) is 76.4. The van der Waals surface area contributed by atoms with E-state index in [1.165, 1.54) is 6.92 Å². The van der Waals surface area contributed by atoms with Crippen molar-refractivity contribution < 1.29 is 47.7 Å². The lowest BCUT2D eigenvalue weighted by molar-refractivity contribution is -0.151. The number of hydrogen-bond acceptors (Lipinski definition) is 10. The number of carbonyl (C=O) groups is 6. The maximum Gasteiger partial charge on any atom is 0.333 e. The smallest absolute Gasteiger partial charge is 0.333 e. The fourth-order valence-corrected chi connectivity index (χ4v) is 7.10. The molecule has 0 radical (unpaired) electrons. The van der Waals surface area contributed by atoms with E-state index in [1.54, 1.807) is 36.4 Å². The van der Waals surface area contributed by atoms with Gasteiger partial charge in [0.05, 0.1) is 12.8 Å². The van der Waals surface area contributed by atoms with Gasteiger partial charge in [0.15, 0.2) is 11.6 Å². The van der Waals surface area contributed by atoms with E-state index in [9.17, 15) is 28.8 Å². The number of rotatable bonds is 15. The molecule has 0 spiro atoms. The van der Waals surface area contributed by atoms with Gasteiger partial charge >= 0.3 is 23.9 Å². The van der Waals surface area contributed by atoms with Crippen LogP contribution in [-0.2, 0) is 28.7 Å². The first-order valence-corrected chi connectivity index (χ1v) is 19.9. The number of ether oxygens (including phenoxy) is 4. The van der Waals surface area contributed by atoms with E-state index in [2.05, 4.69) is 6.58 Å². The largest absolute Gasteiger partial charge is 0.462 e. The standard InChI is InChI=1S/C50H46O10/c1-6-11-46(52)59-35-20-16-33(17-21-35)31(4)41-28-43(37-12-7-9-14-39(37)48(41)54)44-29-42(49(55)40-15-10-8-13-38(40)44)32(5)34-18-22-36(23-19-34)60-47(53)25-24-45(51)57-26-27-58-50(56)30(2)3/h7-10,12-23,28-29,31-32H,2,6,11,24-27H2,1,3-5H3/b44-43+. The minimum absolute atomic E-state index is 0.0850. The van der Waals surface area contributed by atoms with E-state index in [-0.39, 0.29) is 66.7 Å². The Labute approximate surface area is 349 Å². The summed E-state index contributed by atoms with van der Waals surface area (Å²) in [5.41, 5.74) is 7.34. The highest BCUT2D eigenvalue weighted by Gasteiger charge is 2.33. The summed E-state index contributed by atoms with van der Waals surface area (Å²) < 4.78 is 20.8. The number of benzene rings is 4. The van der Waals surface area contributed by atoms with Crippen LogP contribution in [0.15, 0.2) is 133 Å². The Bertz CT molecular complexity index is 2450. The number of allylic oxidation sites excluding steroid dienone is 6. The second-order valence-corrected chi connectivity index (χ2v) is 14.7. The van der Waals surface area contributed by atoms with Crippen molar-refractivity contribution in [2.45, 2.75) is 65.2 Å². The van der Waals surface area contributed by atoms with Crippen LogP contribution < -0.4 is 9.47 Å². The van der Waals surface area contributed by atoms with Crippen LogP contribution in [0.25, 0.3) is 11.1 Å². The van der Waals surface area contributed by atoms with E-state index in [0.29, 0.717) is 40.9 Å². The molecule has 4 aromatic rings. The topological polar surface area (TPSA) is 139 Å². The van der Waals surface area contributed by atoms with Crippen LogP contribution in [0.5, 0.6) is 11.5 Å². The van der Waals surface area contributed by atoms with E-state index >= 15 is 0 Å². The molecule has 10 heteroatoms. The molecule has 0 saturated carbocycles. The summed E-state index contributed by atoms with van der Waals surface area (Å²) >= 11 is 0. The summed E-state index contributed by atoms with van der Waals surface area (Å²) in [6, 6.07) is 29.1. The first kappa shape index (κ1) is 42.7. The molecule has 60 heavy (non-hydrogen) atoms. The van der Waals surface area contributed by atoms with Crippen molar-refractivity contribution in [2.24, 2.45) is 0 Å². The summed E-state index contributed by atoms with van der Waals surface area (Å²) in [6.07, 6.45) is 4.45. The molecular formula is C50H46O10. The van der Waals surface area contributed by atoms with Gasteiger partial charge in [-0.25, -0.2) is 4.79 Å². The maximum atomic E-state index is 14.2. The third-order valence-electron chi connectivity index (χ3n) is 10.4. The summed E-state index contributed by atoms with van der Waals surface area (Å²) in [5, 5.41) is 0. The highest BCUT2D eigenvalue weighted by molar-refractivity contribution is 6.24. The van der Waals surface area contributed by atoms with Gasteiger partial charge in [0.2, 0.25) is 0 Å². The SMILES string of the molecule is C=C(C)C(=O)OCCOC(=O)CCC(=O)Oc1ccc(C(C)C2=C/C(=C3/C=C(C(C)c4ccc(OC(=O)CCC)cc4)C(=O)c4ccccc43)c3ccccc3C2=O)cc1. The number of ketones is 2. The molecule has 0 fully saturated rings. The molecule has 0 saturated heterocycles. The maximum absolute atomic E-state index is 14.2. The monoisotopic (exact) mass is 806 g/mol. The van der Waals surface area contributed by atoms with E-state index in [0.717, 1.165) is 33.4 Å². The van der Waals surface area contributed by atoms with Crippen LogP contribution in [0.1, 0.15) is 108 Å². The Kier molecular flexibility index (Phi) is 13.7. The predicted molar refractivity (Wildman–Crippen MR) is 226 cm³/mol. The van der Waals surface area contributed by atoms with E-state index in [1.807, 2.05) is 93.6 Å². The molecule has 10 nitrogen and oxygen atoms in total. The summed E-state index contributed by atoms with van der Waals surface area (Å²) in [6.45, 7) is 10.6. The quantitative estimate of drug-likeness (QED) is 0.0494. The third kappa shape index (κ3) is 9.84. The van der Waals surface area contributed by atoms with Crippen molar-refractivity contribution in [1.29, 1.82) is 0 Å². The van der Waals surface area contributed by atoms with Crippen molar-refractivity contribution in [2.75, 3.05) is 13.2 Å². The van der Waals surface area contributed by atoms with Crippen LogP contribution in [0.2, 0.25) is 0 Å². The van der Waals surface area contributed by atoms with Gasteiger partial charge in [-0.3, -0.25) is 24.0 Å². The molecule has 0 aromatic heterocycles. The van der Waals surface area contributed by atoms with Gasteiger partial charge in [0.25, 0.3) is 0 Å². The van der Waals surface area contributed by atoms with Gasteiger partial charge < -0.3 is 18.9 Å². The fraction of sp³-hybridized carbons (Fsp3) is 0.240. The van der Waals surface area contributed by atoms with Crippen molar-refractivity contribution in [1.82, 2.24) is 0 Å². The highest BCUT2D eigenvalue weighted by atomic mass is 16.6. The third-order valence-corrected chi connectivity index (χ3v) is 10.4. The van der Waals surface area contributed by atoms with Gasteiger partial charge in [0.1, 0.15) is 24.7 Å². The fourth-order valence-electron chi connectivity index (χ4n) is 7.10. The van der Waals surface area contributed by atoms with Crippen LogP contribution in [0.3, 0.4) is 0 Å². The lowest BCUT2D eigenvalue weighted by atomic mass is 9.74. The Balaban J connectivity index is 1.24. The molecule has 0 N–H and O–H groups in total. The van der Waals surface area contributed by atoms with Crippen molar-refractivity contribution in [3.05, 3.63) is 166 Å². The lowest BCUT2D eigenvalue weighted by Crippen LogP contribution is -2.19. The van der Waals surface area contributed by atoms with Gasteiger partial charge in [-0.1, -0.05) is 100 Å². The zero-order chi connectivity index (χ0) is 42.9. The van der Waals surface area contributed by atoms with Crippen LogP contribution in [0.4, 0.5) is 0 Å². The first-order valence-electron chi connectivity index (χ1n) is 19.9. The molecule has 2 unspecified atom stereocenters. The Morgan fingerprint density at radius 2 is 0.950 bits per heavy atom.